The largest absolute Gasteiger partial charge is 0.481 e. The summed E-state index contributed by atoms with van der Waals surface area (Å²) in [5.41, 5.74) is 0. The first-order valence-electron chi connectivity index (χ1n) is 7.38. The molecule has 0 aromatic carbocycles. The van der Waals surface area contributed by atoms with E-state index in [0.717, 1.165) is 13.0 Å². The van der Waals surface area contributed by atoms with Gasteiger partial charge in [0.25, 0.3) is 0 Å². The lowest BCUT2D eigenvalue weighted by Crippen LogP contribution is -2.50. The Labute approximate surface area is 121 Å². The van der Waals surface area contributed by atoms with Gasteiger partial charge in [0.1, 0.15) is 0 Å². The van der Waals surface area contributed by atoms with Crippen LogP contribution in [0.1, 0.15) is 39.5 Å². The number of carboxylic acids is 1. The molecule has 2 N–H and O–H groups in total. The van der Waals surface area contributed by atoms with Gasteiger partial charge in [0.2, 0.25) is 0 Å². The molecular weight excluding hydrogens is 258 g/mol. The van der Waals surface area contributed by atoms with Gasteiger partial charge in [-0.1, -0.05) is 6.42 Å². The van der Waals surface area contributed by atoms with E-state index in [4.69, 9.17) is 5.11 Å². The van der Waals surface area contributed by atoms with E-state index in [9.17, 15) is 9.59 Å². The van der Waals surface area contributed by atoms with Gasteiger partial charge in [-0.15, -0.1) is 0 Å². The molecule has 1 atom stereocenters. The highest BCUT2D eigenvalue weighted by atomic mass is 16.4. The van der Waals surface area contributed by atoms with Gasteiger partial charge in [0.15, 0.2) is 0 Å². The van der Waals surface area contributed by atoms with E-state index >= 15 is 0 Å². The average molecular weight is 285 g/mol. The first-order valence-corrected chi connectivity index (χ1v) is 7.38. The Morgan fingerprint density at radius 1 is 1.40 bits per heavy atom. The predicted molar refractivity (Wildman–Crippen MR) is 77.8 cm³/mol. The zero-order chi connectivity index (χ0) is 15.1. The summed E-state index contributed by atoms with van der Waals surface area (Å²) in [6.45, 7) is 5.75. The van der Waals surface area contributed by atoms with Gasteiger partial charge in [-0.25, -0.2) is 4.79 Å². The Morgan fingerprint density at radius 3 is 2.65 bits per heavy atom. The number of nitrogens with one attached hydrogen (secondary N) is 1. The Morgan fingerprint density at radius 2 is 2.10 bits per heavy atom. The van der Waals surface area contributed by atoms with Crippen molar-refractivity contribution in [1.29, 1.82) is 0 Å². The number of likely N-dealkylation sites (N-methyl/N-ethyl adjacent to an activating group) is 1. The van der Waals surface area contributed by atoms with Gasteiger partial charge in [-0.05, 0) is 40.3 Å². The minimum Gasteiger partial charge on any atom is -0.481 e. The maximum Gasteiger partial charge on any atom is 0.317 e. The number of nitrogens with zero attached hydrogens (tertiary/aromatic N) is 2. The van der Waals surface area contributed by atoms with Crippen molar-refractivity contribution in [2.24, 2.45) is 0 Å². The molecule has 6 heteroatoms. The van der Waals surface area contributed by atoms with E-state index in [1.807, 2.05) is 13.8 Å². The number of amides is 2. The second-order valence-electron chi connectivity index (χ2n) is 5.75. The quantitative estimate of drug-likeness (QED) is 0.773. The predicted octanol–water partition coefficient (Wildman–Crippen LogP) is 1.37. The van der Waals surface area contributed by atoms with Crippen molar-refractivity contribution < 1.29 is 14.7 Å². The Balaban J connectivity index is 2.42. The van der Waals surface area contributed by atoms with E-state index < -0.39 is 5.97 Å². The fraction of sp³-hybridized carbons (Fsp3) is 0.857. The van der Waals surface area contributed by atoms with E-state index in [0.29, 0.717) is 12.6 Å². The van der Waals surface area contributed by atoms with Crippen LogP contribution in [0.15, 0.2) is 0 Å². The first kappa shape index (κ1) is 16.8. The average Bonchev–Trinajstić information content (AvgIpc) is 2.37. The van der Waals surface area contributed by atoms with Crippen molar-refractivity contribution in [3.8, 4) is 0 Å². The summed E-state index contributed by atoms with van der Waals surface area (Å²) in [6.07, 6.45) is 3.51. The van der Waals surface area contributed by atoms with Crippen molar-refractivity contribution in [1.82, 2.24) is 15.1 Å². The van der Waals surface area contributed by atoms with Gasteiger partial charge < -0.3 is 20.2 Å². The second-order valence-corrected chi connectivity index (χ2v) is 5.75. The molecule has 1 aliphatic rings. The summed E-state index contributed by atoms with van der Waals surface area (Å²) < 4.78 is 0. The third-order valence-electron chi connectivity index (χ3n) is 3.86. The molecule has 0 aliphatic carbocycles. The third kappa shape index (κ3) is 5.36. The summed E-state index contributed by atoms with van der Waals surface area (Å²) in [4.78, 5) is 26.6. The monoisotopic (exact) mass is 285 g/mol. The molecule has 0 spiro atoms. The van der Waals surface area contributed by atoms with Crippen LogP contribution in [0.5, 0.6) is 0 Å². The van der Waals surface area contributed by atoms with E-state index in [1.165, 1.54) is 12.8 Å². The van der Waals surface area contributed by atoms with Gasteiger partial charge >= 0.3 is 12.0 Å². The van der Waals surface area contributed by atoms with Gasteiger partial charge in [-0.3, -0.25) is 4.79 Å². The molecule has 1 fully saturated rings. The SMILES string of the molecule is CC(C)N(CCC(=O)O)C(=O)NCC1CCCCN1C. The molecule has 6 nitrogen and oxygen atoms in total. The highest BCUT2D eigenvalue weighted by molar-refractivity contribution is 5.75. The van der Waals surface area contributed by atoms with Crippen molar-refractivity contribution in [3.05, 3.63) is 0 Å². The number of carboxylic acid groups (broad SMARTS) is 1. The molecule has 0 radical (unpaired) electrons. The number of rotatable bonds is 6. The number of aliphatic carboxylic acids is 1. The van der Waals surface area contributed by atoms with Crippen LogP contribution in [0.25, 0.3) is 0 Å². The highest BCUT2D eigenvalue weighted by Gasteiger charge is 2.22. The fourth-order valence-electron chi connectivity index (χ4n) is 2.52. The number of likely N-dealkylation sites (tertiary alicyclic amines) is 1. The van der Waals surface area contributed by atoms with E-state index in [-0.39, 0.29) is 25.0 Å². The highest BCUT2D eigenvalue weighted by Crippen LogP contribution is 2.14. The lowest BCUT2D eigenvalue weighted by molar-refractivity contribution is -0.137. The fourth-order valence-corrected chi connectivity index (χ4v) is 2.52. The van der Waals surface area contributed by atoms with Crippen molar-refractivity contribution in [3.63, 3.8) is 0 Å². The molecule has 0 aromatic rings. The van der Waals surface area contributed by atoms with Crippen molar-refractivity contribution >= 4 is 12.0 Å². The Bertz CT molecular complexity index is 334. The first-order chi connectivity index (χ1) is 9.41. The molecule has 2 amide bonds. The molecule has 1 heterocycles. The molecule has 116 valence electrons. The number of carbonyl (C=O) groups is 2. The number of hydrogen-bond donors (Lipinski definition) is 2. The van der Waals surface area contributed by atoms with Crippen molar-refractivity contribution in [2.45, 2.75) is 51.6 Å². The van der Waals surface area contributed by atoms with Crippen LogP contribution in [0.2, 0.25) is 0 Å². The summed E-state index contributed by atoms with van der Waals surface area (Å²) in [5, 5.41) is 11.7. The normalized spacial score (nSPS) is 19.9. The van der Waals surface area contributed by atoms with Crippen molar-refractivity contribution in [2.75, 3.05) is 26.7 Å². The molecule has 0 aromatic heterocycles. The van der Waals surface area contributed by atoms with Crippen LogP contribution in [0.3, 0.4) is 0 Å². The standard InChI is InChI=1S/C14H27N3O3/c1-11(2)17(9-7-13(18)19)14(20)15-10-12-6-4-5-8-16(12)3/h11-12H,4-10H2,1-3H3,(H,15,20)(H,18,19). The zero-order valence-corrected chi connectivity index (χ0v) is 12.8. The van der Waals surface area contributed by atoms with Gasteiger partial charge in [0.05, 0.1) is 6.42 Å². The minimum atomic E-state index is -0.879. The molecule has 0 saturated carbocycles. The van der Waals surface area contributed by atoms with Crippen LogP contribution in [0, 0.1) is 0 Å². The second kappa shape index (κ2) is 8.09. The smallest absolute Gasteiger partial charge is 0.317 e. The number of piperidine rings is 1. The molecule has 1 saturated heterocycles. The van der Waals surface area contributed by atoms with Crippen LogP contribution in [-0.2, 0) is 4.79 Å². The number of carbonyl (C=O) groups excluding carboxylic acids is 1. The summed E-state index contributed by atoms with van der Waals surface area (Å²) in [7, 11) is 2.08. The molecule has 20 heavy (non-hydrogen) atoms. The summed E-state index contributed by atoms with van der Waals surface area (Å²) in [5.74, 6) is -0.879. The lowest BCUT2D eigenvalue weighted by atomic mass is 10.0. The van der Waals surface area contributed by atoms with Crippen LogP contribution >= 0.6 is 0 Å². The molecule has 0 bridgehead atoms. The van der Waals surface area contributed by atoms with E-state index in [2.05, 4.69) is 17.3 Å². The molecule has 1 rings (SSSR count). The number of hydrogen-bond acceptors (Lipinski definition) is 3. The summed E-state index contributed by atoms with van der Waals surface area (Å²) >= 11 is 0. The van der Waals surface area contributed by atoms with Crippen LogP contribution in [0.4, 0.5) is 4.79 Å². The Hall–Kier alpha value is -1.30. The molecule has 1 aliphatic heterocycles. The lowest BCUT2D eigenvalue weighted by Gasteiger charge is -2.34. The van der Waals surface area contributed by atoms with Crippen LogP contribution < -0.4 is 5.32 Å². The topological polar surface area (TPSA) is 72.9 Å². The van der Waals surface area contributed by atoms with E-state index in [1.54, 1.807) is 4.90 Å². The molecule has 1 unspecified atom stereocenters. The molecular formula is C14H27N3O3. The number of urea groups is 1. The Kier molecular flexibility index (Phi) is 6.78. The maximum absolute atomic E-state index is 12.1. The van der Waals surface area contributed by atoms with Crippen LogP contribution in [-0.4, -0.2) is 65.7 Å². The van der Waals surface area contributed by atoms with Gasteiger partial charge in [0, 0.05) is 25.2 Å². The maximum atomic E-state index is 12.1. The summed E-state index contributed by atoms with van der Waals surface area (Å²) in [6, 6.07) is 0.222. The minimum absolute atomic E-state index is 0.00145. The zero-order valence-electron chi connectivity index (χ0n) is 12.8. The van der Waals surface area contributed by atoms with Gasteiger partial charge in [-0.2, -0.15) is 0 Å². The third-order valence-corrected chi connectivity index (χ3v) is 3.86.